The first kappa shape index (κ1) is 11.4. The van der Waals surface area contributed by atoms with Crippen molar-refractivity contribution in [1.82, 2.24) is 4.90 Å². The van der Waals surface area contributed by atoms with Gasteiger partial charge in [-0.2, -0.15) is 0 Å². The fourth-order valence-electron chi connectivity index (χ4n) is 1.74. The normalized spacial score (nSPS) is 13.9. The third kappa shape index (κ3) is 2.55. The van der Waals surface area contributed by atoms with E-state index in [-0.39, 0.29) is 18.5 Å². The molecule has 0 fully saturated rings. The van der Waals surface area contributed by atoms with E-state index in [2.05, 4.69) is 5.32 Å². The Labute approximate surface area is 99.4 Å². The Balaban J connectivity index is 2.07. The van der Waals surface area contributed by atoms with Crippen LogP contribution in [-0.4, -0.2) is 30.1 Å². The van der Waals surface area contributed by atoms with Gasteiger partial charge in [-0.25, -0.2) is 4.79 Å². The molecule has 0 unspecified atom stereocenters. The molecule has 1 aromatic carbocycles. The number of rotatable bonds is 3. The molecule has 0 radical (unpaired) electrons. The van der Waals surface area contributed by atoms with E-state index in [0.717, 1.165) is 11.3 Å². The summed E-state index contributed by atoms with van der Waals surface area (Å²) < 4.78 is 4.82. The summed E-state index contributed by atoms with van der Waals surface area (Å²) in [6.07, 6.45) is 0. The summed E-state index contributed by atoms with van der Waals surface area (Å²) in [6.45, 7) is 2.48. The molecule has 5 heteroatoms. The van der Waals surface area contributed by atoms with Gasteiger partial charge < -0.3 is 15.0 Å². The molecule has 90 valence electrons. The number of anilines is 1. The second-order valence-corrected chi connectivity index (χ2v) is 3.75. The first-order chi connectivity index (χ1) is 8.20. The van der Waals surface area contributed by atoms with Gasteiger partial charge in [0.25, 0.3) is 0 Å². The minimum absolute atomic E-state index is 0.0198. The first-order valence-electron chi connectivity index (χ1n) is 5.50. The molecule has 0 aliphatic carbocycles. The third-order valence-corrected chi connectivity index (χ3v) is 2.53. The summed E-state index contributed by atoms with van der Waals surface area (Å²) in [7, 11) is 0. The minimum atomic E-state index is -0.387. The van der Waals surface area contributed by atoms with E-state index in [1.807, 2.05) is 24.3 Å². The van der Waals surface area contributed by atoms with Crippen molar-refractivity contribution in [2.75, 3.05) is 18.5 Å². The molecule has 5 nitrogen and oxygen atoms in total. The molecule has 0 saturated carbocycles. The summed E-state index contributed by atoms with van der Waals surface area (Å²) in [5.74, 6) is -0.387. The Hall–Kier alpha value is -2.04. The molecule has 1 aliphatic heterocycles. The van der Waals surface area contributed by atoms with Gasteiger partial charge in [0.05, 0.1) is 13.2 Å². The van der Waals surface area contributed by atoms with Crippen molar-refractivity contribution in [1.29, 1.82) is 0 Å². The van der Waals surface area contributed by atoms with Gasteiger partial charge in [0.15, 0.2) is 0 Å². The van der Waals surface area contributed by atoms with E-state index < -0.39 is 0 Å². The minimum Gasteiger partial charge on any atom is -0.465 e. The number of carbonyl (C=O) groups excluding carboxylic acids is 2. The number of nitrogens with one attached hydrogen (secondary N) is 1. The van der Waals surface area contributed by atoms with Gasteiger partial charge in [0.1, 0.15) is 6.54 Å². The highest BCUT2D eigenvalue weighted by Gasteiger charge is 2.24. The Morgan fingerprint density at radius 2 is 2.24 bits per heavy atom. The summed E-state index contributed by atoms with van der Waals surface area (Å²) in [4.78, 5) is 24.5. The van der Waals surface area contributed by atoms with E-state index in [0.29, 0.717) is 13.2 Å². The van der Waals surface area contributed by atoms with Crippen LogP contribution < -0.4 is 5.32 Å². The molecular formula is C12H14N2O3. The molecule has 2 amide bonds. The van der Waals surface area contributed by atoms with E-state index in [1.165, 1.54) is 4.90 Å². The van der Waals surface area contributed by atoms with Crippen molar-refractivity contribution in [2.45, 2.75) is 13.5 Å². The molecule has 1 heterocycles. The number of fused-ring (bicyclic) bond motifs is 1. The predicted octanol–water partition coefficient (Wildman–Crippen LogP) is 1.60. The number of hydrogen-bond donors (Lipinski definition) is 1. The maximum atomic E-state index is 11.7. The lowest BCUT2D eigenvalue weighted by Gasteiger charge is -2.28. The fourth-order valence-corrected chi connectivity index (χ4v) is 1.74. The van der Waals surface area contributed by atoms with Crippen LogP contribution in [0.2, 0.25) is 0 Å². The Morgan fingerprint density at radius 3 is 3.00 bits per heavy atom. The van der Waals surface area contributed by atoms with Crippen LogP contribution >= 0.6 is 0 Å². The summed E-state index contributed by atoms with van der Waals surface area (Å²) in [5.41, 5.74) is 1.80. The first-order valence-corrected chi connectivity index (χ1v) is 5.50. The molecule has 0 bridgehead atoms. The van der Waals surface area contributed by atoms with Crippen LogP contribution in [0.1, 0.15) is 12.5 Å². The van der Waals surface area contributed by atoms with Gasteiger partial charge in [0.2, 0.25) is 0 Å². The van der Waals surface area contributed by atoms with Crippen molar-refractivity contribution in [3.63, 3.8) is 0 Å². The van der Waals surface area contributed by atoms with Crippen molar-refractivity contribution >= 4 is 17.7 Å². The van der Waals surface area contributed by atoms with E-state index in [1.54, 1.807) is 6.92 Å². The highest BCUT2D eigenvalue weighted by atomic mass is 16.5. The smallest absolute Gasteiger partial charge is 0.325 e. The average molecular weight is 234 g/mol. The monoisotopic (exact) mass is 234 g/mol. The highest BCUT2D eigenvalue weighted by molar-refractivity contribution is 5.94. The summed E-state index contributed by atoms with van der Waals surface area (Å²) in [5, 5.41) is 2.74. The molecule has 0 aromatic heterocycles. The number of para-hydroxylation sites is 1. The van der Waals surface area contributed by atoms with Crippen LogP contribution in [0.3, 0.4) is 0 Å². The van der Waals surface area contributed by atoms with Crippen LogP contribution in [0, 0.1) is 0 Å². The number of esters is 1. The van der Waals surface area contributed by atoms with Crippen LogP contribution in [0.25, 0.3) is 0 Å². The van der Waals surface area contributed by atoms with Gasteiger partial charge in [-0.3, -0.25) is 4.79 Å². The van der Waals surface area contributed by atoms with Crippen LogP contribution in [0.5, 0.6) is 0 Å². The van der Waals surface area contributed by atoms with Gasteiger partial charge in [0, 0.05) is 5.69 Å². The highest BCUT2D eigenvalue weighted by Crippen LogP contribution is 2.22. The largest absolute Gasteiger partial charge is 0.465 e. The van der Waals surface area contributed by atoms with Crippen LogP contribution in [0.15, 0.2) is 24.3 Å². The van der Waals surface area contributed by atoms with Crippen molar-refractivity contribution in [3.05, 3.63) is 29.8 Å². The average Bonchev–Trinajstić information content (AvgIpc) is 2.30. The van der Waals surface area contributed by atoms with Crippen molar-refractivity contribution < 1.29 is 14.3 Å². The summed E-state index contributed by atoms with van der Waals surface area (Å²) >= 11 is 0. The van der Waals surface area contributed by atoms with E-state index in [4.69, 9.17) is 4.74 Å². The number of carbonyl (C=O) groups is 2. The van der Waals surface area contributed by atoms with E-state index >= 15 is 0 Å². The second-order valence-electron chi connectivity index (χ2n) is 3.75. The summed E-state index contributed by atoms with van der Waals surface area (Å²) in [6, 6.07) is 7.26. The van der Waals surface area contributed by atoms with Crippen LogP contribution in [-0.2, 0) is 16.1 Å². The zero-order valence-electron chi connectivity index (χ0n) is 9.60. The molecule has 0 saturated heterocycles. The lowest BCUT2D eigenvalue weighted by molar-refractivity contribution is -0.143. The number of benzene rings is 1. The van der Waals surface area contributed by atoms with E-state index in [9.17, 15) is 9.59 Å². The number of urea groups is 1. The lowest BCUT2D eigenvalue weighted by Crippen LogP contribution is -2.42. The topological polar surface area (TPSA) is 58.6 Å². The fraction of sp³-hybridized carbons (Fsp3) is 0.333. The number of nitrogens with zero attached hydrogens (tertiary/aromatic N) is 1. The van der Waals surface area contributed by atoms with Crippen molar-refractivity contribution in [3.8, 4) is 0 Å². The molecule has 1 N–H and O–H groups in total. The SMILES string of the molecule is CCOC(=O)CN1Cc2ccccc2NC1=O. The number of amides is 2. The zero-order valence-corrected chi connectivity index (χ0v) is 9.60. The quantitative estimate of drug-likeness (QED) is 0.808. The molecule has 2 rings (SSSR count). The maximum absolute atomic E-state index is 11.7. The Kier molecular flexibility index (Phi) is 3.27. The van der Waals surface area contributed by atoms with Crippen molar-refractivity contribution in [2.24, 2.45) is 0 Å². The molecular weight excluding hydrogens is 220 g/mol. The Bertz CT molecular complexity index is 445. The number of hydrogen-bond acceptors (Lipinski definition) is 3. The maximum Gasteiger partial charge on any atom is 0.325 e. The molecule has 0 spiro atoms. The van der Waals surface area contributed by atoms with Gasteiger partial charge in [-0.1, -0.05) is 18.2 Å². The third-order valence-electron chi connectivity index (χ3n) is 2.53. The zero-order chi connectivity index (χ0) is 12.3. The lowest BCUT2D eigenvalue weighted by atomic mass is 10.1. The Morgan fingerprint density at radius 1 is 1.47 bits per heavy atom. The standard InChI is InChI=1S/C12H14N2O3/c1-2-17-11(15)8-14-7-9-5-3-4-6-10(9)13-12(14)16/h3-6H,2,7-8H2,1H3,(H,13,16). The van der Waals surface area contributed by atoms with Gasteiger partial charge in [-0.05, 0) is 18.6 Å². The molecule has 17 heavy (non-hydrogen) atoms. The van der Waals surface area contributed by atoms with Crippen LogP contribution in [0.4, 0.5) is 10.5 Å². The molecule has 0 atom stereocenters. The number of ether oxygens (including phenoxy) is 1. The second kappa shape index (κ2) is 4.86. The van der Waals surface area contributed by atoms with Gasteiger partial charge >= 0.3 is 12.0 Å². The predicted molar refractivity (Wildman–Crippen MR) is 62.5 cm³/mol. The van der Waals surface area contributed by atoms with Gasteiger partial charge in [-0.15, -0.1) is 0 Å². The molecule has 1 aliphatic rings. The molecule has 1 aromatic rings.